The van der Waals surface area contributed by atoms with Crippen LogP contribution in [-0.4, -0.2) is 60.1 Å². The molecule has 1 heterocycles. The molecule has 154 valence electrons. The number of carbonyl (C=O) groups excluding carboxylic acids is 2. The van der Waals surface area contributed by atoms with Gasteiger partial charge in [0.2, 0.25) is 11.8 Å². The quantitative estimate of drug-likeness (QED) is 0.755. The Labute approximate surface area is 175 Å². The van der Waals surface area contributed by atoms with Crippen molar-refractivity contribution in [1.29, 1.82) is 0 Å². The number of anilines is 1. The number of hydrogen-bond acceptors (Lipinski definition) is 4. The van der Waals surface area contributed by atoms with Gasteiger partial charge in [0.05, 0.1) is 12.3 Å². The van der Waals surface area contributed by atoms with Gasteiger partial charge in [-0.1, -0.05) is 35.9 Å². The maximum atomic E-state index is 13.2. The van der Waals surface area contributed by atoms with Gasteiger partial charge in [0.25, 0.3) is 0 Å². The van der Waals surface area contributed by atoms with Crippen LogP contribution in [0, 0.1) is 12.7 Å². The molecule has 0 spiro atoms. The first-order chi connectivity index (χ1) is 14.0. The zero-order valence-corrected chi connectivity index (χ0v) is 17.4. The third-order valence-electron chi connectivity index (χ3n) is 4.82. The second-order valence-corrected chi connectivity index (χ2v) is 8.18. The monoisotopic (exact) mass is 415 g/mol. The molecule has 0 atom stereocenters. The Morgan fingerprint density at radius 3 is 2.48 bits per heavy atom. The Bertz CT molecular complexity index is 836. The fourth-order valence-corrected chi connectivity index (χ4v) is 4.04. The summed E-state index contributed by atoms with van der Waals surface area (Å²) in [6.45, 7) is 4.86. The highest BCUT2D eigenvalue weighted by Crippen LogP contribution is 2.15. The van der Waals surface area contributed by atoms with Crippen molar-refractivity contribution in [2.45, 2.75) is 12.7 Å². The van der Waals surface area contributed by atoms with E-state index >= 15 is 0 Å². The Kier molecular flexibility index (Phi) is 7.66. The van der Waals surface area contributed by atoms with Gasteiger partial charge in [-0.05, 0) is 30.7 Å². The first-order valence-electron chi connectivity index (χ1n) is 9.68. The first kappa shape index (κ1) is 21.3. The first-order valence-corrected chi connectivity index (χ1v) is 10.8. The van der Waals surface area contributed by atoms with Gasteiger partial charge in [-0.15, -0.1) is 11.8 Å². The van der Waals surface area contributed by atoms with E-state index in [1.54, 1.807) is 23.9 Å². The predicted octanol–water partition coefficient (Wildman–Crippen LogP) is 3.15. The third-order valence-corrected chi connectivity index (χ3v) is 5.80. The van der Waals surface area contributed by atoms with Gasteiger partial charge in [0.15, 0.2) is 0 Å². The standard InChI is InChI=1S/C22H26FN3O2S/c1-17-5-7-18(8-6-17)15-29-16-22(28)26-11-9-25(10-12-26)14-21(27)24-20-4-2-3-19(23)13-20/h2-8,13H,9-12,14-16H2,1H3,(H,24,27). The van der Waals surface area contributed by atoms with Crippen LogP contribution in [0.4, 0.5) is 10.1 Å². The average Bonchev–Trinajstić information content (AvgIpc) is 2.70. The Morgan fingerprint density at radius 1 is 1.07 bits per heavy atom. The number of halogens is 1. The molecular formula is C22H26FN3O2S. The SMILES string of the molecule is Cc1ccc(CSCC(=O)N2CCN(CC(=O)Nc3cccc(F)c3)CC2)cc1. The summed E-state index contributed by atoms with van der Waals surface area (Å²) in [6.07, 6.45) is 0. The van der Waals surface area contributed by atoms with E-state index in [4.69, 9.17) is 0 Å². The number of carbonyl (C=O) groups is 2. The number of hydrogen-bond donors (Lipinski definition) is 1. The van der Waals surface area contributed by atoms with Crippen LogP contribution in [0.1, 0.15) is 11.1 Å². The minimum absolute atomic E-state index is 0.144. The van der Waals surface area contributed by atoms with Gasteiger partial charge in [0.1, 0.15) is 5.82 Å². The summed E-state index contributed by atoms with van der Waals surface area (Å²) in [5, 5.41) is 2.71. The molecule has 1 saturated heterocycles. The van der Waals surface area contributed by atoms with E-state index in [2.05, 4.69) is 36.5 Å². The molecule has 2 aromatic carbocycles. The largest absolute Gasteiger partial charge is 0.339 e. The van der Waals surface area contributed by atoms with E-state index in [0.717, 1.165) is 5.75 Å². The average molecular weight is 416 g/mol. The number of nitrogens with one attached hydrogen (secondary N) is 1. The van der Waals surface area contributed by atoms with E-state index in [9.17, 15) is 14.0 Å². The van der Waals surface area contributed by atoms with Crippen molar-refractivity contribution in [3.05, 3.63) is 65.5 Å². The Morgan fingerprint density at radius 2 is 1.79 bits per heavy atom. The Balaban J connectivity index is 1.35. The van der Waals surface area contributed by atoms with Crippen LogP contribution in [0.2, 0.25) is 0 Å². The van der Waals surface area contributed by atoms with Crippen molar-refractivity contribution in [3.8, 4) is 0 Å². The van der Waals surface area contributed by atoms with Crippen LogP contribution >= 0.6 is 11.8 Å². The van der Waals surface area contributed by atoms with Crippen molar-refractivity contribution in [1.82, 2.24) is 9.80 Å². The number of nitrogens with zero attached hydrogens (tertiary/aromatic N) is 2. The van der Waals surface area contributed by atoms with Gasteiger partial charge in [0, 0.05) is 37.6 Å². The van der Waals surface area contributed by atoms with Gasteiger partial charge < -0.3 is 10.2 Å². The molecule has 3 rings (SSSR count). The molecule has 1 N–H and O–H groups in total. The van der Waals surface area contributed by atoms with Crippen molar-refractivity contribution in [3.63, 3.8) is 0 Å². The predicted molar refractivity (Wildman–Crippen MR) is 115 cm³/mol. The molecule has 0 bridgehead atoms. The second-order valence-electron chi connectivity index (χ2n) is 7.19. The van der Waals surface area contributed by atoms with Crippen molar-refractivity contribution in [2.24, 2.45) is 0 Å². The molecular weight excluding hydrogens is 389 g/mol. The van der Waals surface area contributed by atoms with Crippen molar-refractivity contribution in [2.75, 3.05) is 43.8 Å². The van der Waals surface area contributed by atoms with Gasteiger partial charge in [-0.25, -0.2) is 4.39 Å². The zero-order valence-electron chi connectivity index (χ0n) is 16.6. The fraction of sp³-hybridized carbons (Fsp3) is 0.364. The summed E-state index contributed by atoms with van der Waals surface area (Å²) >= 11 is 1.63. The molecule has 1 aliphatic heterocycles. The second kappa shape index (κ2) is 10.4. The fourth-order valence-electron chi connectivity index (χ4n) is 3.16. The van der Waals surface area contributed by atoms with Crippen molar-refractivity contribution >= 4 is 29.3 Å². The summed E-state index contributed by atoms with van der Waals surface area (Å²) in [6, 6.07) is 14.2. The molecule has 29 heavy (non-hydrogen) atoms. The molecule has 0 unspecified atom stereocenters. The van der Waals surface area contributed by atoms with Gasteiger partial charge in [-0.2, -0.15) is 0 Å². The lowest BCUT2D eigenvalue weighted by Crippen LogP contribution is -2.50. The van der Waals surface area contributed by atoms with E-state index in [0.29, 0.717) is 37.6 Å². The molecule has 0 aliphatic carbocycles. The highest BCUT2D eigenvalue weighted by atomic mass is 32.2. The van der Waals surface area contributed by atoms with Crippen molar-refractivity contribution < 1.29 is 14.0 Å². The lowest BCUT2D eigenvalue weighted by molar-refractivity contribution is -0.130. The topological polar surface area (TPSA) is 52.7 Å². The van der Waals surface area contributed by atoms with Crippen LogP contribution in [0.15, 0.2) is 48.5 Å². The van der Waals surface area contributed by atoms with Crippen LogP contribution in [-0.2, 0) is 15.3 Å². The van der Waals surface area contributed by atoms with E-state index < -0.39 is 0 Å². The van der Waals surface area contributed by atoms with Crippen LogP contribution in [0.25, 0.3) is 0 Å². The Hall–Kier alpha value is -2.38. The maximum Gasteiger partial charge on any atom is 0.238 e. The minimum Gasteiger partial charge on any atom is -0.339 e. The third kappa shape index (κ3) is 6.87. The number of amides is 2. The smallest absolute Gasteiger partial charge is 0.238 e. The highest BCUT2D eigenvalue weighted by Gasteiger charge is 2.22. The number of benzene rings is 2. The summed E-state index contributed by atoms with van der Waals surface area (Å²) in [5.41, 5.74) is 2.91. The molecule has 2 amide bonds. The van der Waals surface area contributed by atoms with E-state index in [1.807, 2.05) is 9.80 Å². The molecule has 5 nitrogen and oxygen atoms in total. The number of piperazine rings is 1. The van der Waals surface area contributed by atoms with E-state index in [-0.39, 0.29) is 24.2 Å². The number of rotatable bonds is 7. The maximum absolute atomic E-state index is 13.2. The number of aryl methyl sites for hydroxylation is 1. The summed E-state index contributed by atoms with van der Waals surface area (Å²) < 4.78 is 13.2. The van der Waals surface area contributed by atoms with E-state index in [1.165, 1.54) is 23.3 Å². The highest BCUT2D eigenvalue weighted by molar-refractivity contribution is 7.99. The van der Waals surface area contributed by atoms with Gasteiger partial charge in [-0.3, -0.25) is 14.5 Å². The normalized spacial score (nSPS) is 14.6. The zero-order chi connectivity index (χ0) is 20.6. The molecule has 0 aromatic heterocycles. The molecule has 2 aromatic rings. The lowest BCUT2D eigenvalue weighted by Gasteiger charge is -2.34. The molecule has 7 heteroatoms. The lowest BCUT2D eigenvalue weighted by atomic mass is 10.2. The van der Waals surface area contributed by atoms with Crippen LogP contribution in [0.3, 0.4) is 0 Å². The van der Waals surface area contributed by atoms with Gasteiger partial charge >= 0.3 is 0 Å². The molecule has 0 saturated carbocycles. The summed E-state index contributed by atoms with van der Waals surface area (Å²) in [4.78, 5) is 28.4. The molecule has 1 aliphatic rings. The summed E-state index contributed by atoms with van der Waals surface area (Å²) in [7, 11) is 0. The number of thioether (sulfide) groups is 1. The molecule has 1 fully saturated rings. The van der Waals surface area contributed by atoms with Crippen LogP contribution in [0.5, 0.6) is 0 Å². The summed E-state index contributed by atoms with van der Waals surface area (Å²) in [5.74, 6) is 0.880. The molecule has 0 radical (unpaired) electrons. The minimum atomic E-state index is -0.379. The van der Waals surface area contributed by atoms with Crippen LogP contribution < -0.4 is 5.32 Å².